The van der Waals surface area contributed by atoms with Crippen LogP contribution in [0.25, 0.3) is 0 Å². The lowest BCUT2D eigenvalue weighted by Crippen LogP contribution is -2.46. The number of sulfonamides is 1. The second-order valence-electron chi connectivity index (χ2n) is 6.48. The van der Waals surface area contributed by atoms with Gasteiger partial charge in [0.25, 0.3) is 5.91 Å². The topological polar surface area (TPSA) is 78.5 Å². The van der Waals surface area contributed by atoms with E-state index in [9.17, 15) is 13.2 Å². The summed E-state index contributed by atoms with van der Waals surface area (Å²) in [6, 6.07) is 6.58. The Morgan fingerprint density at radius 2 is 1.84 bits per heavy atom. The molecule has 2 aliphatic rings. The van der Waals surface area contributed by atoms with Crippen molar-refractivity contribution >= 4 is 28.3 Å². The first-order chi connectivity index (χ1) is 11.6. The molecule has 0 aliphatic carbocycles. The Hall–Kier alpha value is -1.15. The number of halogens is 1. The first kappa shape index (κ1) is 20.2. The maximum atomic E-state index is 12.9. The molecule has 25 heavy (non-hydrogen) atoms. The van der Waals surface area contributed by atoms with Crippen LogP contribution in [0.15, 0.2) is 29.2 Å². The maximum Gasteiger partial charge on any atom is 0.252 e. The molecule has 1 atom stereocenters. The highest BCUT2D eigenvalue weighted by molar-refractivity contribution is 7.89. The normalized spacial score (nSPS) is 22.0. The van der Waals surface area contributed by atoms with E-state index in [1.807, 2.05) is 0 Å². The molecule has 2 fully saturated rings. The van der Waals surface area contributed by atoms with Gasteiger partial charge >= 0.3 is 0 Å². The molecule has 2 N–H and O–H groups in total. The van der Waals surface area contributed by atoms with Gasteiger partial charge < -0.3 is 10.6 Å². The van der Waals surface area contributed by atoms with Crippen LogP contribution in [0.1, 0.15) is 42.5 Å². The third-order valence-corrected chi connectivity index (χ3v) is 6.65. The van der Waals surface area contributed by atoms with Crippen molar-refractivity contribution in [3.63, 3.8) is 0 Å². The van der Waals surface area contributed by atoms with Gasteiger partial charge in [-0.15, -0.1) is 12.4 Å². The summed E-state index contributed by atoms with van der Waals surface area (Å²) in [5.41, 5.74) is 0.244. The minimum Gasteiger partial charge on any atom is -0.348 e. The molecular formula is C17H26ClN3O3S. The molecular weight excluding hydrogens is 362 g/mol. The first-order valence-electron chi connectivity index (χ1n) is 8.70. The molecule has 3 rings (SSSR count). The van der Waals surface area contributed by atoms with Crippen LogP contribution in [-0.4, -0.2) is 50.9 Å². The van der Waals surface area contributed by atoms with E-state index in [0.717, 1.165) is 45.2 Å². The summed E-state index contributed by atoms with van der Waals surface area (Å²) in [6.07, 6.45) is 4.74. The summed E-state index contributed by atoms with van der Waals surface area (Å²) in [7, 11) is -3.62. The highest BCUT2D eigenvalue weighted by atomic mass is 35.5. The number of amides is 1. The second kappa shape index (κ2) is 8.98. The molecule has 1 amide bonds. The van der Waals surface area contributed by atoms with Crippen LogP contribution >= 0.6 is 12.4 Å². The Kier molecular flexibility index (Phi) is 7.25. The fourth-order valence-electron chi connectivity index (χ4n) is 3.36. The minimum absolute atomic E-state index is 0. The van der Waals surface area contributed by atoms with Gasteiger partial charge in [-0.05, 0) is 44.4 Å². The van der Waals surface area contributed by atoms with Gasteiger partial charge in [0, 0.05) is 25.7 Å². The molecule has 2 saturated heterocycles. The maximum absolute atomic E-state index is 12.9. The van der Waals surface area contributed by atoms with E-state index in [1.54, 1.807) is 18.2 Å². The van der Waals surface area contributed by atoms with E-state index in [-0.39, 0.29) is 34.8 Å². The van der Waals surface area contributed by atoms with Crippen LogP contribution in [0.3, 0.4) is 0 Å². The van der Waals surface area contributed by atoms with E-state index in [4.69, 9.17) is 0 Å². The first-order valence-corrected chi connectivity index (χ1v) is 10.1. The fourth-order valence-corrected chi connectivity index (χ4v) is 5.07. The second-order valence-corrected chi connectivity index (χ2v) is 8.38. The van der Waals surface area contributed by atoms with E-state index in [0.29, 0.717) is 13.1 Å². The highest BCUT2D eigenvalue weighted by Crippen LogP contribution is 2.23. The molecule has 8 heteroatoms. The van der Waals surface area contributed by atoms with Crippen LogP contribution in [-0.2, 0) is 10.0 Å². The number of hydrogen-bond acceptors (Lipinski definition) is 4. The van der Waals surface area contributed by atoms with Gasteiger partial charge in [0.15, 0.2) is 0 Å². The zero-order valence-corrected chi connectivity index (χ0v) is 15.9. The molecule has 0 saturated carbocycles. The molecule has 0 spiro atoms. The predicted octanol–water partition coefficient (Wildman–Crippen LogP) is 1.76. The third kappa shape index (κ3) is 4.73. The lowest BCUT2D eigenvalue weighted by atomic mass is 10.1. The molecule has 1 aromatic rings. The average Bonchev–Trinajstić information content (AvgIpc) is 2.63. The highest BCUT2D eigenvalue weighted by Gasteiger charge is 2.30. The van der Waals surface area contributed by atoms with Crippen molar-refractivity contribution in [2.75, 3.05) is 26.2 Å². The van der Waals surface area contributed by atoms with Crippen molar-refractivity contribution in [3.05, 3.63) is 29.8 Å². The molecule has 0 bridgehead atoms. The monoisotopic (exact) mass is 387 g/mol. The van der Waals surface area contributed by atoms with Crippen molar-refractivity contribution in [2.24, 2.45) is 0 Å². The molecule has 6 nitrogen and oxygen atoms in total. The van der Waals surface area contributed by atoms with Gasteiger partial charge in [-0.2, -0.15) is 4.31 Å². The largest absolute Gasteiger partial charge is 0.348 e. The Morgan fingerprint density at radius 1 is 1.12 bits per heavy atom. The van der Waals surface area contributed by atoms with Gasteiger partial charge in [0.1, 0.15) is 0 Å². The van der Waals surface area contributed by atoms with E-state index < -0.39 is 10.0 Å². The predicted molar refractivity (Wildman–Crippen MR) is 99.7 cm³/mol. The molecule has 1 aromatic carbocycles. The lowest BCUT2D eigenvalue weighted by molar-refractivity contribution is 0.0927. The number of nitrogens with one attached hydrogen (secondary N) is 2. The molecule has 2 aliphatic heterocycles. The minimum atomic E-state index is -3.62. The standard InChI is InChI=1S/C17H25N3O3S.ClH/c21-17(19-14-7-6-10-18-13-14)15-8-2-3-9-16(15)24(22,23)20-11-4-1-5-12-20;/h2-3,8-9,14,18H,1,4-7,10-13H2,(H,19,21);1H. The van der Waals surface area contributed by atoms with E-state index >= 15 is 0 Å². The number of piperidine rings is 2. The van der Waals surface area contributed by atoms with Gasteiger partial charge in [-0.3, -0.25) is 4.79 Å². The summed E-state index contributed by atoms with van der Waals surface area (Å²) < 4.78 is 27.4. The molecule has 0 aromatic heterocycles. The third-order valence-electron chi connectivity index (χ3n) is 4.70. The molecule has 1 unspecified atom stereocenters. The number of rotatable bonds is 4. The van der Waals surface area contributed by atoms with Crippen LogP contribution in [0, 0.1) is 0 Å². The van der Waals surface area contributed by atoms with Crippen molar-refractivity contribution in [1.82, 2.24) is 14.9 Å². The molecule has 140 valence electrons. The molecule has 0 radical (unpaired) electrons. The zero-order valence-electron chi connectivity index (χ0n) is 14.2. The van der Waals surface area contributed by atoms with Crippen LogP contribution in [0.4, 0.5) is 0 Å². The number of hydrogen-bond donors (Lipinski definition) is 2. The number of carbonyl (C=O) groups excluding carboxylic acids is 1. The number of carbonyl (C=O) groups is 1. The lowest BCUT2D eigenvalue weighted by Gasteiger charge is -2.27. The summed E-state index contributed by atoms with van der Waals surface area (Å²) in [6.45, 7) is 2.76. The zero-order chi connectivity index (χ0) is 17.0. The van der Waals surface area contributed by atoms with E-state index in [1.165, 1.54) is 10.4 Å². The van der Waals surface area contributed by atoms with Crippen LogP contribution in [0.2, 0.25) is 0 Å². The average molecular weight is 388 g/mol. The Bertz CT molecular complexity index is 684. The Morgan fingerprint density at radius 3 is 2.52 bits per heavy atom. The smallest absolute Gasteiger partial charge is 0.252 e. The van der Waals surface area contributed by atoms with Gasteiger partial charge in [0.2, 0.25) is 10.0 Å². The van der Waals surface area contributed by atoms with Crippen molar-refractivity contribution in [1.29, 1.82) is 0 Å². The summed E-state index contributed by atoms with van der Waals surface area (Å²) in [4.78, 5) is 12.8. The van der Waals surface area contributed by atoms with Crippen LogP contribution < -0.4 is 10.6 Å². The Balaban J connectivity index is 0.00000225. The van der Waals surface area contributed by atoms with Crippen molar-refractivity contribution < 1.29 is 13.2 Å². The SMILES string of the molecule is Cl.O=C(NC1CCCNC1)c1ccccc1S(=O)(=O)N1CCCCC1. The summed E-state index contributed by atoms with van der Waals surface area (Å²) in [5.74, 6) is -0.306. The van der Waals surface area contributed by atoms with Gasteiger partial charge in [0.05, 0.1) is 10.5 Å². The van der Waals surface area contributed by atoms with Crippen molar-refractivity contribution in [2.45, 2.75) is 43.0 Å². The van der Waals surface area contributed by atoms with Gasteiger partial charge in [-0.25, -0.2) is 8.42 Å². The van der Waals surface area contributed by atoms with Gasteiger partial charge in [-0.1, -0.05) is 18.6 Å². The number of nitrogens with zero attached hydrogens (tertiary/aromatic N) is 1. The van der Waals surface area contributed by atoms with Crippen molar-refractivity contribution in [3.8, 4) is 0 Å². The summed E-state index contributed by atoms with van der Waals surface area (Å²) in [5, 5.41) is 6.21. The summed E-state index contributed by atoms with van der Waals surface area (Å²) >= 11 is 0. The van der Waals surface area contributed by atoms with E-state index in [2.05, 4.69) is 10.6 Å². The Labute approximate surface area is 155 Å². The molecule has 2 heterocycles. The van der Waals surface area contributed by atoms with Crippen LogP contribution in [0.5, 0.6) is 0 Å². The number of benzene rings is 1. The quantitative estimate of drug-likeness (QED) is 0.825. The fraction of sp³-hybridized carbons (Fsp3) is 0.588.